The zero-order chi connectivity index (χ0) is 23.4. The maximum atomic E-state index is 12.5. The number of pyridine rings is 1. The first kappa shape index (κ1) is 22.5. The number of benzene rings is 2. The third kappa shape index (κ3) is 4.90. The number of aryl methyl sites for hydroxylation is 3. The molecule has 2 aromatic heterocycles. The lowest BCUT2D eigenvalue weighted by Crippen LogP contribution is -2.21. The molecule has 170 valence electrons. The Kier molecular flexibility index (Phi) is 6.73. The molecule has 0 radical (unpaired) electrons. The molecule has 0 N–H and O–H groups in total. The number of hydrogen-bond donors (Lipinski definition) is 0. The van der Waals surface area contributed by atoms with Gasteiger partial charge in [0, 0.05) is 17.7 Å². The summed E-state index contributed by atoms with van der Waals surface area (Å²) in [5, 5.41) is 0. The number of hydrogen-bond acceptors (Lipinski definition) is 5. The molecule has 4 rings (SSSR count). The summed E-state index contributed by atoms with van der Waals surface area (Å²) in [6, 6.07) is 19.3. The Labute approximate surface area is 194 Å². The maximum Gasteiger partial charge on any atom is 0.352 e. The summed E-state index contributed by atoms with van der Waals surface area (Å²) in [5.74, 6) is 1.22. The first-order chi connectivity index (χ1) is 16.0. The van der Waals surface area contributed by atoms with E-state index in [1.807, 2.05) is 61.5 Å². The first-order valence-electron chi connectivity index (χ1n) is 11.3. The number of rotatable bonds is 8. The predicted molar refractivity (Wildman–Crippen MR) is 128 cm³/mol. The minimum atomic E-state index is -0.809. The molecule has 0 aliphatic carbocycles. The third-order valence-electron chi connectivity index (χ3n) is 5.54. The van der Waals surface area contributed by atoms with Crippen molar-refractivity contribution in [3.63, 3.8) is 0 Å². The molecule has 0 bridgehead atoms. The van der Waals surface area contributed by atoms with Crippen molar-refractivity contribution in [3.8, 4) is 5.75 Å². The fourth-order valence-electron chi connectivity index (χ4n) is 3.97. The van der Waals surface area contributed by atoms with Crippen LogP contribution in [0.1, 0.15) is 48.2 Å². The molecule has 0 fully saturated rings. The van der Waals surface area contributed by atoms with Crippen molar-refractivity contribution >= 4 is 17.1 Å². The second-order valence-corrected chi connectivity index (χ2v) is 8.03. The van der Waals surface area contributed by atoms with Gasteiger partial charge in [-0.05, 0) is 50.1 Å². The zero-order valence-corrected chi connectivity index (χ0v) is 19.5. The van der Waals surface area contributed by atoms with Crippen LogP contribution in [0.5, 0.6) is 5.75 Å². The average Bonchev–Trinajstić information content (AvgIpc) is 3.17. The Morgan fingerprint density at radius 1 is 1.00 bits per heavy atom. The number of nitrogens with zero attached hydrogens (tertiary/aromatic N) is 3. The maximum absolute atomic E-state index is 12.5. The third-order valence-corrected chi connectivity index (χ3v) is 5.54. The molecule has 0 aliphatic heterocycles. The van der Waals surface area contributed by atoms with Crippen LogP contribution < -0.4 is 4.74 Å². The fourth-order valence-corrected chi connectivity index (χ4v) is 3.97. The van der Waals surface area contributed by atoms with Gasteiger partial charge < -0.3 is 14.0 Å². The molecule has 0 spiro atoms. The quantitative estimate of drug-likeness (QED) is 0.344. The Bertz CT molecular complexity index is 1250. The molecule has 1 unspecified atom stereocenters. The Morgan fingerprint density at radius 3 is 2.39 bits per heavy atom. The van der Waals surface area contributed by atoms with Crippen molar-refractivity contribution < 1.29 is 14.3 Å². The van der Waals surface area contributed by atoms with Crippen LogP contribution in [0.2, 0.25) is 0 Å². The number of esters is 1. The lowest BCUT2D eigenvalue weighted by molar-refractivity contribution is -0.151. The monoisotopic (exact) mass is 443 g/mol. The van der Waals surface area contributed by atoms with Gasteiger partial charge in [0.25, 0.3) is 0 Å². The molecule has 1 atom stereocenters. The largest absolute Gasteiger partial charge is 0.474 e. The topological polar surface area (TPSA) is 66.2 Å². The molecule has 0 saturated carbocycles. The van der Waals surface area contributed by atoms with Gasteiger partial charge in [-0.25, -0.2) is 14.8 Å². The number of aromatic nitrogens is 3. The summed E-state index contributed by atoms with van der Waals surface area (Å²) in [6.45, 7) is 8.94. The van der Waals surface area contributed by atoms with E-state index in [4.69, 9.17) is 19.4 Å². The molecule has 0 saturated heterocycles. The predicted octanol–water partition coefficient (Wildman–Crippen LogP) is 5.34. The van der Waals surface area contributed by atoms with Crippen LogP contribution in [0.25, 0.3) is 11.2 Å². The van der Waals surface area contributed by atoms with Crippen LogP contribution in [0, 0.1) is 13.8 Å². The SMILES string of the molecule is CCOC(=O)C(Oc1ccc(Cn2c(CC)nc3c(C)cc(C)nc32)cc1)c1ccccc1. The minimum absolute atomic E-state index is 0.302. The van der Waals surface area contributed by atoms with E-state index in [9.17, 15) is 4.79 Å². The van der Waals surface area contributed by atoms with E-state index in [0.717, 1.165) is 45.8 Å². The number of carbonyl (C=O) groups is 1. The second kappa shape index (κ2) is 9.86. The van der Waals surface area contributed by atoms with Crippen LogP contribution in [0.4, 0.5) is 0 Å². The number of imidazole rings is 1. The van der Waals surface area contributed by atoms with E-state index in [0.29, 0.717) is 18.9 Å². The van der Waals surface area contributed by atoms with Crippen LogP contribution in [-0.4, -0.2) is 27.1 Å². The number of fused-ring (bicyclic) bond motifs is 1. The molecule has 6 nitrogen and oxygen atoms in total. The standard InChI is InChI=1S/C27H29N3O3/c1-5-23-29-24-18(3)16-19(4)28-26(24)30(23)17-20-12-14-22(15-13-20)33-25(27(31)32-6-2)21-10-8-7-9-11-21/h7-16,25H,5-6,17H2,1-4H3. The van der Waals surface area contributed by atoms with Gasteiger partial charge in [-0.3, -0.25) is 0 Å². The zero-order valence-electron chi connectivity index (χ0n) is 19.5. The van der Waals surface area contributed by atoms with Gasteiger partial charge >= 0.3 is 5.97 Å². The summed E-state index contributed by atoms with van der Waals surface area (Å²) in [5.41, 5.74) is 5.85. The van der Waals surface area contributed by atoms with Gasteiger partial charge in [-0.1, -0.05) is 49.4 Å². The number of ether oxygens (including phenoxy) is 2. The van der Waals surface area contributed by atoms with Crippen LogP contribution in [0.15, 0.2) is 60.7 Å². The summed E-state index contributed by atoms with van der Waals surface area (Å²) in [6.07, 6.45) is 0.0189. The van der Waals surface area contributed by atoms with E-state index < -0.39 is 12.1 Å². The normalized spacial score (nSPS) is 12.0. The van der Waals surface area contributed by atoms with Crippen LogP contribution in [0.3, 0.4) is 0 Å². The van der Waals surface area contributed by atoms with Crippen molar-refractivity contribution in [1.82, 2.24) is 14.5 Å². The molecule has 0 aliphatic rings. The van der Waals surface area contributed by atoms with Crippen LogP contribution >= 0.6 is 0 Å². The van der Waals surface area contributed by atoms with Crippen molar-refractivity contribution in [2.24, 2.45) is 0 Å². The molecule has 33 heavy (non-hydrogen) atoms. The minimum Gasteiger partial charge on any atom is -0.474 e. The highest BCUT2D eigenvalue weighted by Crippen LogP contribution is 2.25. The smallest absolute Gasteiger partial charge is 0.352 e. The molecule has 2 heterocycles. The lowest BCUT2D eigenvalue weighted by atomic mass is 10.1. The summed E-state index contributed by atoms with van der Waals surface area (Å²) >= 11 is 0. The summed E-state index contributed by atoms with van der Waals surface area (Å²) in [7, 11) is 0. The van der Waals surface area contributed by atoms with Crippen LogP contribution in [-0.2, 0) is 22.5 Å². The van der Waals surface area contributed by atoms with Crippen molar-refractivity contribution in [2.45, 2.75) is 46.8 Å². The highest BCUT2D eigenvalue weighted by Gasteiger charge is 2.24. The van der Waals surface area contributed by atoms with E-state index in [1.165, 1.54) is 0 Å². The van der Waals surface area contributed by atoms with Gasteiger partial charge in [0.15, 0.2) is 5.65 Å². The fraction of sp³-hybridized carbons (Fsp3) is 0.296. The van der Waals surface area contributed by atoms with Gasteiger partial charge in [-0.2, -0.15) is 0 Å². The summed E-state index contributed by atoms with van der Waals surface area (Å²) in [4.78, 5) is 22.1. The lowest BCUT2D eigenvalue weighted by Gasteiger charge is -2.18. The molecular weight excluding hydrogens is 414 g/mol. The molecule has 4 aromatic rings. The van der Waals surface area contributed by atoms with Gasteiger partial charge in [0.05, 0.1) is 13.2 Å². The molecule has 0 amide bonds. The highest BCUT2D eigenvalue weighted by molar-refractivity contribution is 5.77. The second-order valence-electron chi connectivity index (χ2n) is 8.03. The van der Waals surface area contributed by atoms with E-state index >= 15 is 0 Å². The van der Waals surface area contributed by atoms with E-state index in [-0.39, 0.29) is 0 Å². The van der Waals surface area contributed by atoms with Gasteiger partial charge in [-0.15, -0.1) is 0 Å². The Balaban J connectivity index is 1.58. The number of carbonyl (C=O) groups excluding carboxylic acids is 1. The average molecular weight is 444 g/mol. The Morgan fingerprint density at radius 2 is 1.73 bits per heavy atom. The highest BCUT2D eigenvalue weighted by atomic mass is 16.6. The van der Waals surface area contributed by atoms with Gasteiger partial charge in [0.2, 0.25) is 6.10 Å². The van der Waals surface area contributed by atoms with Gasteiger partial charge in [0.1, 0.15) is 17.1 Å². The Hall–Kier alpha value is -3.67. The van der Waals surface area contributed by atoms with Crippen molar-refractivity contribution in [2.75, 3.05) is 6.61 Å². The molecular formula is C27H29N3O3. The van der Waals surface area contributed by atoms with Crippen molar-refractivity contribution in [3.05, 3.63) is 88.9 Å². The van der Waals surface area contributed by atoms with E-state index in [2.05, 4.69) is 24.5 Å². The summed E-state index contributed by atoms with van der Waals surface area (Å²) < 4.78 is 13.5. The van der Waals surface area contributed by atoms with E-state index in [1.54, 1.807) is 6.92 Å². The molecule has 2 aromatic carbocycles. The first-order valence-corrected chi connectivity index (χ1v) is 11.3. The molecule has 6 heteroatoms. The van der Waals surface area contributed by atoms with Crippen molar-refractivity contribution in [1.29, 1.82) is 0 Å².